The van der Waals surface area contributed by atoms with Crippen LogP contribution in [-0.2, 0) is 9.47 Å². The number of hydrogen-bond donors (Lipinski definition) is 1. The largest absolute Gasteiger partial charge is 0.389 e. The zero-order valence-corrected chi connectivity index (χ0v) is 12.5. The summed E-state index contributed by atoms with van der Waals surface area (Å²) in [5, 5.41) is 11.1. The SMILES string of the molecule is COC1CCCC(O)(C2CC(C)(C)OC2(C)C)C1. The minimum absolute atomic E-state index is 0.135. The van der Waals surface area contributed by atoms with E-state index in [4.69, 9.17) is 9.47 Å². The molecule has 0 aromatic carbocycles. The quantitative estimate of drug-likeness (QED) is 0.825. The Bertz CT molecular complexity index is 311. The third kappa shape index (κ3) is 2.59. The first-order valence-electron chi connectivity index (χ1n) is 7.14. The third-order valence-electron chi connectivity index (χ3n) is 4.77. The molecule has 0 amide bonds. The highest BCUT2D eigenvalue weighted by molar-refractivity contribution is 5.05. The van der Waals surface area contributed by atoms with Gasteiger partial charge in [-0.05, 0) is 53.4 Å². The topological polar surface area (TPSA) is 38.7 Å². The second kappa shape index (κ2) is 4.46. The molecule has 3 atom stereocenters. The van der Waals surface area contributed by atoms with Crippen LogP contribution in [0.15, 0.2) is 0 Å². The van der Waals surface area contributed by atoms with Crippen LogP contribution in [0.25, 0.3) is 0 Å². The van der Waals surface area contributed by atoms with Gasteiger partial charge >= 0.3 is 0 Å². The van der Waals surface area contributed by atoms with Crippen LogP contribution in [0.3, 0.4) is 0 Å². The first-order valence-corrected chi connectivity index (χ1v) is 7.14. The predicted octanol–water partition coefficient (Wildman–Crippen LogP) is 2.90. The van der Waals surface area contributed by atoms with Crippen molar-refractivity contribution in [3.8, 4) is 0 Å². The van der Waals surface area contributed by atoms with E-state index in [1.807, 2.05) is 0 Å². The summed E-state index contributed by atoms with van der Waals surface area (Å²) < 4.78 is 11.6. The lowest BCUT2D eigenvalue weighted by molar-refractivity contribution is -0.140. The molecule has 1 aliphatic heterocycles. The van der Waals surface area contributed by atoms with E-state index in [2.05, 4.69) is 27.7 Å². The van der Waals surface area contributed by atoms with Crippen molar-refractivity contribution in [2.24, 2.45) is 5.92 Å². The molecule has 0 spiro atoms. The van der Waals surface area contributed by atoms with Crippen LogP contribution in [0.2, 0.25) is 0 Å². The molecule has 2 aliphatic rings. The second-order valence-electron chi connectivity index (χ2n) is 7.28. The van der Waals surface area contributed by atoms with Crippen LogP contribution in [-0.4, -0.2) is 35.1 Å². The Hall–Kier alpha value is -0.120. The van der Waals surface area contributed by atoms with Gasteiger partial charge < -0.3 is 14.6 Å². The van der Waals surface area contributed by atoms with Crippen molar-refractivity contribution in [3.05, 3.63) is 0 Å². The molecule has 3 nitrogen and oxygen atoms in total. The number of ether oxygens (including phenoxy) is 2. The van der Waals surface area contributed by atoms with Crippen LogP contribution in [0.5, 0.6) is 0 Å². The van der Waals surface area contributed by atoms with E-state index in [1.165, 1.54) is 0 Å². The zero-order valence-electron chi connectivity index (χ0n) is 12.5. The summed E-state index contributed by atoms with van der Waals surface area (Å²) in [5.74, 6) is 0.193. The minimum Gasteiger partial charge on any atom is -0.389 e. The number of hydrogen-bond acceptors (Lipinski definition) is 3. The number of aliphatic hydroxyl groups is 1. The molecule has 2 rings (SSSR count). The summed E-state index contributed by atoms with van der Waals surface area (Å²) >= 11 is 0. The van der Waals surface area contributed by atoms with Crippen molar-refractivity contribution in [3.63, 3.8) is 0 Å². The maximum absolute atomic E-state index is 11.1. The summed E-state index contributed by atoms with van der Waals surface area (Å²) in [4.78, 5) is 0. The summed E-state index contributed by atoms with van der Waals surface area (Å²) in [7, 11) is 1.75. The van der Waals surface area contributed by atoms with Gasteiger partial charge in [0.1, 0.15) is 0 Å². The molecule has 0 aromatic rings. The first kappa shape index (κ1) is 14.3. The Balaban J connectivity index is 2.19. The van der Waals surface area contributed by atoms with E-state index >= 15 is 0 Å². The highest BCUT2D eigenvalue weighted by Crippen LogP contribution is 2.51. The molecule has 1 heterocycles. The van der Waals surface area contributed by atoms with Crippen LogP contribution < -0.4 is 0 Å². The van der Waals surface area contributed by atoms with Crippen molar-refractivity contribution < 1.29 is 14.6 Å². The highest BCUT2D eigenvalue weighted by Gasteiger charge is 2.55. The van der Waals surface area contributed by atoms with E-state index in [9.17, 15) is 5.11 Å². The van der Waals surface area contributed by atoms with E-state index in [0.717, 1.165) is 32.1 Å². The number of rotatable bonds is 2. The van der Waals surface area contributed by atoms with Crippen molar-refractivity contribution in [2.45, 2.75) is 82.7 Å². The van der Waals surface area contributed by atoms with Gasteiger partial charge in [-0.1, -0.05) is 0 Å². The molecule has 18 heavy (non-hydrogen) atoms. The maximum Gasteiger partial charge on any atom is 0.0728 e. The molecular weight excluding hydrogens is 228 g/mol. The van der Waals surface area contributed by atoms with Gasteiger partial charge in [-0.25, -0.2) is 0 Å². The number of methoxy groups -OCH3 is 1. The Morgan fingerprint density at radius 3 is 2.33 bits per heavy atom. The normalized spacial score (nSPS) is 43.0. The fourth-order valence-electron chi connectivity index (χ4n) is 4.15. The van der Waals surface area contributed by atoms with Gasteiger partial charge in [-0.2, -0.15) is 0 Å². The van der Waals surface area contributed by atoms with Gasteiger partial charge in [0.05, 0.1) is 22.9 Å². The minimum atomic E-state index is -0.629. The Labute approximate surface area is 111 Å². The lowest BCUT2D eigenvalue weighted by atomic mass is 9.67. The van der Waals surface area contributed by atoms with Crippen LogP contribution in [0.4, 0.5) is 0 Å². The van der Waals surface area contributed by atoms with E-state index in [0.29, 0.717) is 0 Å². The summed E-state index contributed by atoms with van der Waals surface area (Å²) in [6.07, 6.45) is 4.85. The van der Waals surface area contributed by atoms with Crippen molar-refractivity contribution in [1.82, 2.24) is 0 Å². The first-order chi connectivity index (χ1) is 8.19. The molecule has 0 aromatic heterocycles. The Morgan fingerprint density at radius 2 is 1.83 bits per heavy atom. The van der Waals surface area contributed by atoms with Gasteiger partial charge in [0.25, 0.3) is 0 Å². The highest BCUT2D eigenvalue weighted by atomic mass is 16.5. The van der Waals surface area contributed by atoms with E-state index in [-0.39, 0.29) is 23.2 Å². The predicted molar refractivity (Wildman–Crippen MR) is 71.6 cm³/mol. The Kier molecular flexibility index (Phi) is 3.54. The van der Waals surface area contributed by atoms with E-state index in [1.54, 1.807) is 7.11 Å². The average molecular weight is 256 g/mol. The van der Waals surface area contributed by atoms with Crippen LogP contribution in [0.1, 0.15) is 59.8 Å². The van der Waals surface area contributed by atoms with Crippen LogP contribution >= 0.6 is 0 Å². The molecule has 2 fully saturated rings. The molecule has 0 radical (unpaired) electrons. The summed E-state index contributed by atoms with van der Waals surface area (Å²) in [5.41, 5.74) is -1.02. The van der Waals surface area contributed by atoms with Gasteiger partial charge in [0.15, 0.2) is 0 Å². The summed E-state index contributed by atoms with van der Waals surface area (Å²) in [6.45, 7) is 8.46. The summed E-state index contributed by atoms with van der Waals surface area (Å²) in [6, 6.07) is 0. The fraction of sp³-hybridized carbons (Fsp3) is 1.00. The molecule has 106 valence electrons. The van der Waals surface area contributed by atoms with Gasteiger partial charge in [-0.15, -0.1) is 0 Å². The standard InChI is InChI=1S/C15H28O3/c1-13(2)10-12(14(3,4)18-13)15(16)8-6-7-11(9-15)17-5/h11-12,16H,6-10H2,1-5H3. The third-order valence-corrected chi connectivity index (χ3v) is 4.77. The molecule has 1 aliphatic carbocycles. The van der Waals surface area contributed by atoms with Crippen molar-refractivity contribution in [1.29, 1.82) is 0 Å². The molecule has 1 saturated heterocycles. The maximum atomic E-state index is 11.1. The van der Waals surface area contributed by atoms with Gasteiger partial charge in [0, 0.05) is 19.4 Å². The second-order valence-corrected chi connectivity index (χ2v) is 7.28. The molecule has 1 N–H and O–H groups in total. The molecule has 1 saturated carbocycles. The van der Waals surface area contributed by atoms with Crippen molar-refractivity contribution in [2.75, 3.05) is 7.11 Å². The monoisotopic (exact) mass is 256 g/mol. The zero-order chi connectivity index (χ0) is 13.6. The smallest absolute Gasteiger partial charge is 0.0728 e. The Morgan fingerprint density at radius 1 is 1.17 bits per heavy atom. The van der Waals surface area contributed by atoms with Gasteiger partial charge in [-0.3, -0.25) is 0 Å². The molecule has 0 bridgehead atoms. The lowest BCUT2D eigenvalue weighted by Crippen LogP contribution is -2.50. The van der Waals surface area contributed by atoms with Crippen molar-refractivity contribution >= 4 is 0 Å². The average Bonchev–Trinajstić information content (AvgIpc) is 2.47. The molecule has 3 heteroatoms. The van der Waals surface area contributed by atoms with Gasteiger partial charge in [0.2, 0.25) is 0 Å². The fourth-order valence-corrected chi connectivity index (χ4v) is 4.15. The lowest BCUT2D eigenvalue weighted by Gasteiger charge is -2.44. The van der Waals surface area contributed by atoms with E-state index < -0.39 is 5.60 Å². The molecular formula is C15H28O3. The molecule has 3 unspecified atom stereocenters. The van der Waals surface area contributed by atoms with Crippen LogP contribution in [0, 0.1) is 5.92 Å².